The van der Waals surface area contributed by atoms with Gasteiger partial charge >= 0.3 is 0 Å². The first-order valence-electron chi connectivity index (χ1n) is 9.16. The Morgan fingerprint density at radius 3 is 2.46 bits per heavy atom. The van der Waals surface area contributed by atoms with E-state index in [1.165, 1.54) is 7.11 Å². The van der Waals surface area contributed by atoms with Crippen LogP contribution in [0.5, 0.6) is 11.5 Å². The second-order valence-corrected chi connectivity index (χ2v) is 5.98. The molecule has 0 unspecified atom stereocenters. The average molecular weight is 382 g/mol. The molecule has 2 rings (SSSR count). The fourth-order valence-corrected chi connectivity index (χ4v) is 2.70. The second-order valence-electron chi connectivity index (χ2n) is 5.98. The topological polar surface area (TPSA) is 67.9 Å². The van der Waals surface area contributed by atoms with Gasteiger partial charge in [0.1, 0.15) is 6.61 Å². The first-order valence-corrected chi connectivity index (χ1v) is 9.16. The normalized spacial score (nSPS) is 10.1. The number of nitrogens with zero attached hydrogens (tertiary/aromatic N) is 1. The number of carbonyl (C=O) groups excluding carboxylic acids is 2. The van der Waals surface area contributed by atoms with E-state index in [9.17, 15) is 9.59 Å². The molecule has 0 heterocycles. The summed E-state index contributed by atoms with van der Waals surface area (Å²) in [7, 11) is 1.51. The standard InChI is InChI=1S/C22H26N2O4/c1-5-13-28-19-12-11-16(15-20(19)27-4)21(25)23-18-10-8-9-17(14-18)22(26)24(6-2)7-3/h5,8-12,14-15H,1,6-7,13H2,2-4H3,(H,23,25). The van der Waals surface area contributed by atoms with Crippen molar-refractivity contribution in [2.24, 2.45) is 0 Å². The van der Waals surface area contributed by atoms with Crippen molar-refractivity contribution in [3.63, 3.8) is 0 Å². The van der Waals surface area contributed by atoms with Crippen molar-refractivity contribution in [1.29, 1.82) is 0 Å². The maximum atomic E-state index is 12.6. The molecule has 0 bridgehead atoms. The molecule has 0 aliphatic rings. The van der Waals surface area contributed by atoms with Crippen LogP contribution in [-0.2, 0) is 0 Å². The van der Waals surface area contributed by atoms with Gasteiger partial charge in [-0.25, -0.2) is 0 Å². The van der Waals surface area contributed by atoms with Crippen LogP contribution in [0.2, 0.25) is 0 Å². The lowest BCUT2D eigenvalue weighted by atomic mass is 10.1. The van der Waals surface area contributed by atoms with Crippen molar-refractivity contribution < 1.29 is 19.1 Å². The Morgan fingerprint density at radius 2 is 1.82 bits per heavy atom. The van der Waals surface area contributed by atoms with E-state index in [4.69, 9.17) is 9.47 Å². The average Bonchev–Trinajstić information content (AvgIpc) is 2.73. The Bertz CT molecular complexity index is 844. The summed E-state index contributed by atoms with van der Waals surface area (Å²) < 4.78 is 10.8. The third-order valence-corrected chi connectivity index (χ3v) is 4.20. The molecule has 0 aromatic heterocycles. The van der Waals surface area contributed by atoms with Crippen molar-refractivity contribution in [2.75, 3.05) is 32.1 Å². The fourth-order valence-electron chi connectivity index (χ4n) is 2.70. The van der Waals surface area contributed by atoms with E-state index in [-0.39, 0.29) is 11.8 Å². The van der Waals surface area contributed by atoms with Crippen LogP contribution in [0.1, 0.15) is 34.6 Å². The number of rotatable bonds is 9. The lowest BCUT2D eigenvalue weighted by molar-refractivity contribution is 0.0772. The summed E-state index contributed by atoms with van der Waals surface area (Å²) in [4.78, 5) is 26.8. The molecule has 0 radical (unpaired) electrons. The van der Waals surface area contributed by atoms with Crippen LogP contribution in [0.25, 0.3) is 0 Å². The van der Waals surface area contributed by atoms with Crippen LogP contribution in [0.4, 0.5) is 5.69 Å². The summed E-state index contributed by atoms with van der Waals surface area (Å²) >= 11 is 0. The van der Waals surface area contributed by atoms with Gasteiger partial charge in [0.05, 0.1) is 7.11 Å². The lowest BCUT2D eigenvalue weighted by Gasteiger charge is -2.19. The summed E-state index contributed by atoms with van der Waals surface area (Å²) in [5.74, 6) is 0.623. The molecule has 0 aliphatic heterocycles. The largest absolute Gasteiger partial charge is 0.493 e. The van der Waals surface area contributed by atoms with E-state index in [1.54, 1.807) is 53.4 Å². The van der Waals surface area contributed by atoms with Crippen LogP contribution in [-0.4, -0.2) is 43.5 Å². The molecule has 1 N–H and O–H groups in total. The zero-order chi connectivity index (χ0) is 20.5. The van der Waals surface area contributed by atoms with Crippen molar-refractivity contribution in [2.45, 2.75) is 13.8 Å². The maximum Gasteiger partial charge on any atom is 0.255 e. The summed E-state index contributed by atoms with van der Waals surface area (Å²) in [6.07, 6.45) is 1.63. The molecule has 2 aromatic rings. The number of hydrogen-bond donors (Lipinski definition) is 1. The molecule has 28 heavy (non-hydrogen) atoms. The Balaban J connectivity index is 2.17. The van der Waals surface area contributed by atoms with Crippen molar-refractivity contribution >= 4 is 17.5 Å². The summed E-state index contributed by atoms with van der Waals surface area (Å²) in [5.41, 5.74) is 1.50. The Kier molecular flexibility index (Phi) is 7.63. The highest BCUT2D eigenvalue weighted by Crippen LogP contribution is 2.28. The number of methoxy groups -OCH3 is 1. The first kappa shape index (κ1) is 21.0. The monoisotopic (exact) mass is 382 g/mol. The first-order chi connectivity index (χ1) is 13.5. The number of carbonyl (C=O) groups is 2. The van der Waals surface area contributed by atoms with Crippen molar-refractivity contribution in [3.8, 4) is 11.5 Å². The van der Waals surface area contributed by atoms with Gasteiger partial charge in [0.25, 0.3) is 11.8 Å². The summed E-state index contributed by atoms with van der Waals surface area (Å²) in [6, 6.07) is 11.9. The van der Waals surface area contributed by atoms with E-state index in [2.05, 4.69) is 11.9 Å². The molecule has 6 heteroatoms. The minimum atomic E-state index is -0.305. The molecule has 0 saturated heterocycles. The zero-order valence-electron chi connectivity index (χ0n) is 16.5. The molecule has 2 amide bonds. The Hall–Kier alpha value is -3.28. The smallest absolute Gasteiger partial charge is 0.255 e. The quantitative estimate of drug-likeness (QED) is 0.666. The fraction of sp³-hybridized carbons (Fsp3) is 0.273. The highest BCUT2D eigenvalue weighted by atomic mass is 16.5. The molecule has 6 nitrogen and oxygen atoms in total. The Morgan fingerprint density at radius 1 is 1.07 bits per heavy atom. The van der Waals surface area contributed by atoms with Crippen LogP contribution >= 0.6 is 0 Å². The Labute approximate surface area is 165 Å². The summed E-state index contributed by atoms with van der Waals surface area (Å²) in [6.45, 7) is 9.08. The number of hydrogen-bond acceptors (Lipinski definition) is 4. The molecule has 2 aromatic carbocycles. The number of amides is 2. The zero-order valence-corrected chi connectivity index (χ0v) is 16.5. The van der Waals surface area contributed by atoms with E-state index in [0.717, 1.165) is 0 Å². The van der Waals surface area contributed by atoms with Crippen LogP contribution in [0.3, 0.4) is 0 Å². The molecular weight excluding hydrogens is 356 g/mol. The minimum absolute atomic E-state index is 0.0634. The molecule has 0 atom stereocenters. The SMILES string of the molecule is C=CCOc1ccc(C(=O)Nc2cccc(C(=O)N(CC)CC)c2)cc1OC. The van der Waals surface area contributed by atoms with Gasteiger partial charge < -0.3 is 19.7 Å². The molecule has 0 saturated carbocycles. The lowest BCUT2D eigenvalue weighted by Crippen LogP contribution is -2.30. The van der Waals surface area contributed by atoms with Crippen molar-refractivity contribution in [3.05, 3.63) is 66.2 Å². The van der Waals surface area contributed by atoms with Gasteiger partial charge in [0.15, 0.2) is 11.5 Å². The molecular formula is C22H26N2O4. The van der Waals surface area contributed by atoms with Gasteiger partial charge in [0.2, 0.25) is 0 Å². The third kappa shape index (κ3) is 5.13. The van der Waals surface area contributed by atoms with E-state index >= 15 is 0 Å². The minimum Gasteiger partial charge on any atom is -0.493 e. The van der Waals surface area contributed by atoms with Gasteiger partial charge in [-0.15, -0.1) is 0 Å². The highest BCUT2D eigenvalue weighted by molar-refractivity contribution is 6.05. The number of anilines is 1. The van der Waals surface area contributed by atoms with E-state index < -0.39 is 0 Å². The second kappa shape index (κ2) is 10.2. The number of benzene rings is 2. The van der Waals surface area contributed by atoms with Crippen LogP contribution < -0.4 is 14.8 Å². The predicted octanol–water partition coefficient (Wildman–Crippen LogP) is 3.99. The summed E-state index contributed by atoms with van der Waals surface area (Å²) in [5, 5.41) is 2.82. The van der Waals surface area contributed by atoms with Gasteiger partial charge in [-0.05, 0) is 50.2 Å². The molecule has 148 valence electrons. The van der Waals surface area contributed by atoms with Crippen LogP contribution in [0, 0.1) is 0 Å². The predicted molar refractivity (Wildman–Crippen MR) is 110 cm³/mol. The number of ether oxygens (including phenoxy) is 2. The van der Waals surface area contributed by atoms with Gasteiger partial charge in [-0.2, -0.15) is 0 Å². The maximum absolute atomic E-state index is 12.6. The van der Waals surface area contributed by atoms with Gasteiger partial charge in [0, 0.05) is 29.9 Å². The molecule has 0 spiro atoms. The van der Waals surface area contributed by atoms with E-state index in [1.807, 2.05) is 13.8 Å². The van der Waals surface area contributed by atoms with E-state index in [0.29, 0.717) is 48.0 Å². The van der Waals surface area contributed by atoms with Gasteiger partial charge in [-0.3, -0.25) is 9.59 Å². The van der Waals surface area contributed by atoms with Gasteiger partial charge in [-0.1, -0.05) is 18.7 Å². The highest BCUT2D eigenvalue weighted by Gasteiger charge is 2.15. The molecule has 0 fully saturated rings. The number of nitrogens with one attached hydrogen (secondary N) is 1. The third-order valence-electron chi connectivity index (χ3n) is 4.20. The van der Waals surface area contributed by atoms with Crippen LogP contribution in [0.15, 0.2) is 55.1 Å². The van der Waals surface area contributed by atoms with Crippen molar-refractivity contribution in [1.82, 2.24) is 4.90 Å². The molecule has 0 aliphatic carbocycles.